The molecule has 0 aliphatic heterocycles. The minimum Gasteiger partial charge on any atom is -0.444 e. The highest BCUT2D eigenvalue weighted by Gasteiger charge is 2.15. The lowest BCUT2D eigenvalue weighted by molar-refractivity contribution is 0.0527. The summed E-state index contributed by atoms with van der Waals surface area (Å²) in [6, 6.07) is 6.68. The summed E-state index contributed by atoms with van der Waals surface area (Å²) in [4.78, 5) is 11.4. The van der Waals surface area contributed by atoms with Crippen molar-refractivity contribution in [2.24, 2.45) is 0 Å². The average molecular weight is 343 g/mol. The molecule has 0 bridgehead atoms. The molecule has 8 heteroatoms. The zero-order valence-corrected chi connectivity index (χ0v) is 14.6. The summed E-state index contributed by atoms with van der Waals surface area (Å²) in [6.45, 7) is 5.90. The molecule has 0 aliphatic carbocycles. The number of hydrogen-bond donors (Lipinski definition) is 3. The van der Waals surface area contributed by atoms with Crippen LogP contribution in [0, 0.1) is 0 Å². The van der Waals surface area contributed by atoms with Crippen molar-refractivity contribution in [2.75, 3.05) is 18.8 Å². The Hall–Kier alpha value is -1.80. The normalized spacial score (nSPS) is 12.0. The Labute approximate surface area is 137 Å². The van der Waals surface area contributed by atoms with E-state index in [-0.39, 0.29) is 12.3 Å². The monoisotopic (exact) mass is 343 g/mol. The summed E-state index contributed by atoms with van der Waals surface area (Å²) >= 11 is 0. The maximum Gasteiger partial charge on any atom is 0.407 e. The molecule has 23 heavy (non-hydrogen) atoms. The van der Waals surface area contributed by atoms with Crippen molar-refractivity contribution in [1.29, 1.82) is 0 Å². The van der Waals surface area contributed by atoms with Crippen LogP contribution in [0.4, 0.5) is 10.5 Å². The van der Waals surface area contributed by atoms with Crippen LogP contribution in [0.2, 0.25) is 0 Å². The first kappa shape index (κ1) is 19.2. The summed E-state index contributed by atoms with van der Waals surface area (Å²) in [5.41, 5.74) is 6.26. The molecule has 1 aromatic carbocycles. The van der Waals surface area contributed by atoms with Crippen LogP contribution in [0.3, 0.4) is 0 Å². The number of anilines is 1. The van der Waals surface area contributed by atoms with Crippen molar-refractivity contribution in [1.82, 2.24) is 10.0 Å². The summed E-state index contributed by atoms with van der Waals surface area (Å²) in [6.07, 6.45) is -0.0394. The molecular weight excluding hydrogens is 318 g/mol. The Morgan fingerprint density at radius 3 is 2.35 bits per heavy atom. The molecule has 1 amide bonds. The first-order valence-corrected chi connectivity index (χ1v) is 9.01. The Kier molecular flexibility index (Phi) is 6.83. The standard InChI is InChI=1S/C15H25N3O4S/c1-15(2,3)22-14(19)17-9-4-10-18-23(20,21)11-12-5-7-13(16)8-6-12/h5-8,18H,4,9-11,16H2,1-3H3,(H,17,19). The van der Waals surface area contributed by atoms with Gasteiger partial charge in [-0.05, 0) is 44.9 Å². The molecule has 1 aromatic rings. The summed E-state index contributed by atoms with van der Waals surface area (Å²) in [5, 5.41) is 2.57. The molecule has 0 heterocycles. The molecule has 1 rings (SSSR count). The Morgan fingerprint density at radius 1 is 1.17 bits per heavy atom. The smallest absolute Gasteiger partial charge is 0.407 e. The molecule has 0 saturated carbocycles. The number of amides is 1. The largest absolute Gasteiger partial charge is 0.444 e. The van der Waals surface area contributed by atoms with Crippen molar-refractivity contribution in [3.63, 3.8) is 0 Å². The molecule has 130 valence electrons. The highest BCUT2D eigenvalue weighted by Crippen LogP contribution is 2.08. The molecule has 0 aromatic heterocycles. The number of nitrogens with two attached hydrogens (primary N) is 1. The number of carbonyl (C=O) groups excluding carboxylic acids is 1. The topological polar surface area (TPSA) is 111 Å². The fraction of sp³-hybridized carbons (Fsp3) is 0.533. The van der Waals surface area contributed by atoms with Crippen LogP contribution in [0.15, 0.2) is 24.3 Å². The molecule has 0 aliphatic rings. The molecule has 0 spiro atoms. The van der Waals surface area contributed by atoms with Gasteiger partial charge in [-0.3, -0.25) is 0 Å². The minimum atomic E-state index is -3.41. The highest BCUT2D eigenvalue weighted by atomic mass is 32.2. The fourth-order valence-corrected chi connectivity index (χ4v) is 2.89. The van der Waals surface area contributed by atoms with Crippen molar-refractivity contribution in [2.45, 2.75) is 38.5 Å². The van der Waals surface area contributed by atoms with E-state index >= 15 is 0 Å². The first-order valence-electron chi connectivity index (χ1n) is 7.36. The quantitative estimate of drug-likeness (QED) is 0.514. The van der Waals surface area contributed by atoms with Crippen LogP contribution in [0.25, 0.3) is 0 Å². The van der Waals surface area contributed by atoms with Gasteiger partial charge in [-0.15, -0.1) is 0 Å². The van der Waals surface area contributed by atoms with Crippen molar-refractivity contribution < 1.29 is 17.9 Å². The lowest BCUT2D eigenvalue weighted by atomic mass is 10.2. The van der Waals surface area contributed by atoms with E-state index in [1.807, 2.05) is 0 Å². The maximum atomic E-state index is 11.9. The van der Waals surface area contributed by atoms with Gasteiger partial charge in [0.15, 0.2) is 0 Å². The van der Waals surface area contributed by atoms with E-state index in [4.69, 9.17) is 10.5 Å². The van der Waals surface area contributed by atoms with Gasteiger partial charge in [-0.25, -0.2) is 17.9 Å². The predicted molar refractivity (Wildman–Crippen MR) is 90.3 cm³/mol. The third kappa shape index (κ3) is 9.04. The second-order valence-corrected chi connectivity index (χ2v) is 7.98. The van der Waals surface area contributed by atoms with Gasteiger partial charge in [0.05, 0.1) is 5.75 Å². The number of sulfonamides is 1. The highest BCUT2D eigenvalue weighted by molar-refractivity contribution is 7.88. The molecule has 0 fully saturated rings. The Morgan fingerprint density at radius 2 is 1.78 bits per heavy atom. The van der Waals surface area contributed by atoms with E-state index in [0.717, 1.165) is 0 Å². The Balaban J connectivity index is 2.26. The summed E-state index contributed by atoms with van der Waals surface area (Å²) in [7, 11) is -3.41. The van der Waals surface area contributed by atoms with E-state index < -0.39 is 21.7 Å². The third-order valence-corrected chi connectivity index (χ3v) is 4.04. The maximum absolute atomic E-state index is 11.9. The minimum absolute atomic E-state index is 0.104. The van der Waals surface area contributed by atoms with Gasteiger partial charge in [-0.2, -0.15) is 0 Å². The Bertz CT molecular complexity index is 607. The number of ether oxygens (including phenoxy) is 1. The van der Waals surface area contributed by atoms with Crippen LogP contribution >= 0.6 is 0 Å². The van der Waals surface area contributed by atoms with E-state index in [9.17, 15) is 13.2 Å². The van der Waals surface area contributed by atoms with Gasteiger partial charge in [0.25, 0.3) is 0 Å². The molecule has 0 saturated heterocycles. The van der Waals surface area contributed by atoms with Gasteiger partial charge in [0, 0.05) is 18.8 Å². The van der Waals surface area contributed by atoms with Gasteiger partial charge >= 0.3 is 6.09 Å². The molecule has 0 unspecified atom stereocenters. The van der Waals surface area contributed by atoms with E-state index in [0.29, 0.717) is 24.2 Å². The van der Waals surface area contributed by atoms with Gasteiger partial charge in [0.2, 0.25) is 10.0 Å². The van der Waals surface area contributed by atoms with Crippen molar-refractivity contribution in [3.8, 4) is 0 Å². The number of carbonyl (C=O) groups is 1. The lowest BCUT2D eigenvalue weighted by Crippen LogP contribution is -2.34. The third-order valence-electron chi connectivity index (χ3n) is 2.68. The lowest BCUT2D eigenvalue weighted by Gasteiger charge is -2.19. The number of benzene rings is 1. The van der Waals surface area contributed by atoms with E-state index in [1.165, 1.54) is 0 Å². The van der Waals surface area contributed by atoms with E-state index in [1.54, 1.807) is 45.0 Å². The van der Waals surface area contributed by atoms with Crippen LogP contribution < -0.4 is 15.8 Å². The summed E-state index contributed by atoms with van der Waals surface area (Å²) in [5.74, 6) is -0.104. The number of alkyl carbamates (subject to hydrolysis) is 1. The number of nitrogen functional groups attached to an aromatic ring is 1. The van der Waals surface area contributed by atoms with Crippen LogP contribution in [0.1, 0.15) is 32.8 Å². The van der Waals surface area contributed by atoms with E-state index in [2.05, 4.69) is 10.0 Å². The SMILES string of the molecule is CC(C)(C)OC(=O)NCCCNS(=O)(=O)Cc1ccc(N)cc1. The second kappa shape index (κ2) is 8.16. The molecule has 0 atom stereocenters. The van der Waals surface area contributed by atoms with Crippen LogP contribution in [-0.4, -0.2) is 33.2 Å². The average Bonchev–Trinajstić information content (AvgIpc) is 2.38. The van der Waals surface area contributed by atoms with Crippen LogP contribution in [0.5, 0.6) is 0 Å². The molecule has 7 nitrogen and oxygen atoms in total. The van der Waals surface area contributed by atoms with Gasteiger partial charge in [0.1, 0.15) is 5.60 Å². The molecule has 4 N–H and O–H groups in total. The number of nitrogens with one attached hydrogen (secondary N) is 2. The molecular formula is C15H25N3O4S. The van der Waals surface area contributed by atoms with Crippen molar-refractivity contribution in [3.05, 3.63) is 29.8 Å². The second-order valence-electron chi connectivity index (χ2n) is 6.18. The zero-order chi connectivity index (χ0) is 17.5. The van der Waals surface area contributed by atoms with Crippen LogP contribution in [-0.2, 0) is 20.5 Å². The van der Waals surface area contributed by atoms with Gasteiger partial charge < -0.3 is 15.8 Å². The number of rotatable bonds is 7. The zero-order valence-electron chi connectivity index (χ0n) is 13.8. The van der Waals surface area contributed by atoms with Gasteiger partial charge in [-0.1, -0.05) is 12.1 Å². The molecule has 0 radical (unpaired) electrons. The summed E-state index contributed by atoms with van der Waals surface area (Å²) < 4.78 is 31.4. The number of hydrogen-bond acceptors (Lipinski definition) is 5. The fourth-order valence-electron chi connectivity index (χ4n) is 1.70. The van der Waals surface area contributed by atoms with Crippen molar-refractivity contribution >= 4 is 21.8 Å². The predicted octanol–water partition coefficient (Wildman–Crippen LogP) is 1.60. The first-order chi connectivity index (χ1) is 10.6.